The number of benzene rings is 2. The molecule has 0 radical (unpaired) electrons. The van der Waals surface area contributed by atoms with Crippen LogP contribution in [0.25, 0.3) is 0 Å². The first-order valence-electron chi connectivity index (χ1n) is 16.7. The molecular formula is C36H52N2O6. The second kappa shape index (κ2) is 15.5. The summed E-state index contributed by atoms with van der Waals surface area (Å²) in [5.41, 5.74) is 4.38. The highest BCUT2D eigenvalue weighted by Gasteiger charge is 2.35. The number of ether oxygens (including phenoxy) is 4. The fourth-order valence-electron chi connectivity index (χ4n) is 6.14. The number of rotatable bonds is 14. The molecule has 1 amide bonds. The molecule has 2 aromatic carbocycles. The van der Waals surface area contributed by atoms with Crippen LogP contribution in [0, 0.1) is 5.92 Å². The van der Waals surface area contributed by atoms with Gasteiger partial charge in [0.25, 0.3) is 0 Å². The van der Waals surface area contributed by atoms with Gasteiger partial charge in [-0.25, -0.2) is 4.79 Å². The molecule has 2 aromatic rings. The number of carbonyl (C=O) groups is 1. The van der Waals surface area contributed by atoms with Gasteiger partial charge in [0, 0.05) is 57.5 Å². The zero-order valence-electron chi connectivity index (χ0n) is 27.0. The van der Waals surface area contributed by atoms with Crippen molar-refractivity contribution in [1.82, 2.24) is 4.90 Å². The quantitative estimate of drug-likeness (QED) is 0.251. The molecule has 2 fully saturated rings. The monoisotopic (exact) mass is 608 g/mol. The third kappa shape index (κ3) is 9.59. The Morgan fingerprint density at radius 2 is 1.82 bits per heavy atom. The Morgan fingerprint density at radius 1 is 1.00 bits per heavy atom. The molecule has 8 heteroatoms. The fraction of sp³-hybridized carbons (Fsp3) is 0.639. The van der Waals surface area contributed by atoms with Crippen molar-refractivity contribution in [3.63, 3.8) is 0 Å². The molecule has 2 heterocycles. The summed E-state index contributed by atoms with van der Waals surface area (Å²) in [6.07, 6.45) is 6.82. The normalized spacial score (nSPS) is 20.4. The number of hydrogen-bond acceptors (Lipinski definition) is 7. The van der Waals surface area contributed by atoms with Crippen molar-refractivity contribution < 1.29 is 28.8 Å². The summed E-state index contributed by atoms with van der Waals surface area (Å²) in [5.74, 6) is 1.80. The molecule has 0 unspecified atom stereocenters. The molecule has 1 saturated heterocycles. The maximum atomic E-state index is 13.0. The van der Waals surface area contributed by atoms with E-state index < -0.39 is 5.60 Å². The van der Waals surface area contributed by atoms with E-state index in [4.69, 9.17) is 18.9 Å². The Bertz CT molecular complexity index is 1190. The molecule has 0 bridgehead atoms. The summed E-state index contributed by atoms with van der Waals surface area (Å²) in [4.78, 5) is 17.2. The van der Waals surface area contributed by atoms with Crippen molar-refractivity contribution in [2.45, 2.75) is 89.9 Å². The Balaban J connectivity index is 1.22. The number of hydrogen-bond donors (Lipinski definition) is 1. The maximum Gasteiger partial charge on any atom is 0.410 e. The van der Waals surface area contributed by atoms with Crippen LogP contribution in [0.3, 0.4) is 0 Å². The average Bonchev–Trinajstić information content (AvgIpc) is 3.84. The first-order chi connectivity index (χ1) is 21.3. The third-order valence-corrected chi connectivity index (χ3v) is 8.69. The largest absolute Gasteiger partial charge is 0.494 e. The molecular weight excluding hydrogens is 556 g/mol. The average molecular weight is 609 g/mol. The van der Waals surface area contributed by atoms with Gasteiger partial charge in [0.05, 0.1) is 25.9 Å². The topological polar surface area (TPSA) is 80.7 Å². The number of aryl methyl sites for hydroxylation is 1. The first kappa shape index (κ1) is 32.6. The van der Waals surface area contributed by atoms with Gasteiger partial charge in [-0.2, -0.15) is 0 Å². The van der Waals surface area contributed by atoms with Gasteiger partial charge in [-0.3, -0.25) is 0 Å². The Labute approximate surface area is 263 Å². The predicted molar refractivity (Wildman–Crippen MR) is 173 cm³/mol. The van der Waals surface area contributed by atoms with E-state index in [9.17, 15) is 9.90 Å². The second-order valence-corrected chi connectivity index (χ2v) is 13.6. The molecule has 242 valence electrons. The molecule has 3 aliphatic rings. The summed E-state index contributed by atoms with van der Waals surface area (Å²) >= 11 is 0. The lowest BCUT2D eigenvalue weighted by molar-refractivity contribution is -0.0359. The van der Waals surface area contributed by atoms with Gasteiger partial charge in [-0.1, -0.05) is 24.3 Å². The van der Waals surface area contributed by atoms with E-state index in [1.807, 2.05) is 32.9 Å². The Hall–Kier alpha value is -2.81. The number of likely N-dealkylation sites (tertiary alicyclic amines) is 1. The van der Waals surface area contributed by atoms with Crippen LogP contribution in [-0.4, -0.2) is 80.4 Å². The molecule has 8 nitrogen and oxygen atoms in total. The second-order valence-electron chi connectivity index (χ2n) is 13.6. The van der Waals surface area contributed by atoms with E-state index in [2.05, 4.69) is 35.2 Å². The van der Waals surface area contributed by atoms with Gasteiger partial charge < -0.3 is 33.9 Å². The first-order valence-corrected chi connectivity index (χ1v) is 16.7. The van der Waals surface area contributed by atoms with Crippen molar-refractivity contribution in [3.05, 3.63) is 59.2 Å². The Kier molecular flexibility index (Phi) is 11.4. The number of anilines is 1. The van der Waals surface area contributed by atoms with E-state index >= 15 is 0 Å². The molecule has 2 atom stereocenters. The van der Waals surface area contributed by atoms with E-state index in [0.717, 1.165) is 75.6 Å². The highest BCUT2D eigenvalue weighted by atomic mass is 16.6. The minimum atomic E-state index is -0.547. The molecule has 1 aliphatic carbocycles. The fourth-order valence-corrected chi connectivity index (χ4v) is 6.14. The third-order valence-electron chi connectivity index (χ3n) is 8.69. The minimum absolute atomic E-state index is 0.150. The van der Waals surface area contributed by atoms with E-state index in [1.165, 1.54) is 29.7 Å². The lowest BCUT2D eigenvalue weighted by Gasteiger charge is -2.39. The van der Waals surface area contributed by atoms with Gasteiger partial charge in [-0.05, 0) is 100 Å². The zero-order valence-corrected chi connectivity index (χ0v) is 27.0. The van der Waals surface area contributed by atoms with Crippen LogP contribution >= 0.6 is 0 Å². The van der Waals surface area contributed by atoms with Crippen molar-refractivity contribution in [1.29, 1.82) is 0 Å². The SMILES string of the molecule is CC(C)(C)OC(=O)N1CC[C@H](c2ccc(OCCCOCC3CC3)cc2)[C@@H](OCc2ccc3c(c2)N(CCCO)CCC3)C1. The van der Waals surface area contributed by atoms with Crippen LogP contribution in [-0.2, 0) is 27.2 Å². The summed E-state index contributed by atoms with van der Waals surface area (Å²) in [7, 11) is 0. The standard InChI is InChI=1S/C36H52N2O6/c1-36(2,3)44-35(40)38-19-16-32(29-12-14-31(15-13-29)42-22-6-21-41-25-27-8-9-27)34(24-38)43-26-28-10-11-30-7-4-17-37(18-5-20-39)33(30)23-28/h10-15,23,27,32,34,39H,4-9,16-22,24-26H2,1-3H3/t32-,34+/m1/s1. The van der Waals surface area contributed by atoms with Crippen LogP contribution < -0.4 is 9.64 Å². The van der Waals surface area contributed by atoms with Gasteiger partial charge in [0.2, 0.25) is 0 Å². The zero-order chi connectivity index (χ0) is 30.9. The van der Waals surface area contributed by atoms with Crippen molar-refractivity contribution in [3.8, 4) is 5.75 Å². The van der Waals surface area contributed by atoms with Crippen LogP contribution in [0.15, 0.2) is 42.5 Å². The van der Waals surface area contributed by atoms with Gasteiger partial charge in [0.1, 0.15) is 11.4 Å². The highest BCUT2D eigenvalue weighted by Crippen LogP contribution is 2.34. The molecule has 1 saturated carbocycles. The maximum absolute atomic E-state index is 13.0. The molecule has 0 aromatic heterocycles. The van der Waals surface area contributed by atoms with E-state index in [-0.39, 0.29) is 24.7 Å². The van der Waals surface area contributed by atoms with Crippen molar-refractivity contribution >= 4 is 11.8 Å². The summed E-state index contributed by atoms with van der Waals surface area (Å²) in [6.45, 7) is 11.6. The van der Waals surface area contributed by atoms with Crippen LogP contribution in [0.2, 0.25) is 0 Å². The Morgan fingerprint density at radius 3 is 2.57 bits per heavy atom. The van der Waals surface area contributed by atoms with E-state index in [1.54, 1.807) is 4.90 Å². The molecule has 44 heavy (non-hydrogen) atoms. The number of aliphatic hydroxyl groups is 1. The summed E-state index contributed by atoms with van der Waals surface area (Å²) in [5, 5.41) is 9.37. The summed E-state index contributed by atoms with van der Waals surface area (Å²) < 4.78 is 24.1. The molecule has 2 aliphatic heterocycles. The van der Waals surface area contributed by atoms with Gasteiger partial charge >= 0.3 is 6.09 Å². The lowest BCUT2D eigenvalue weighted by Crippen LogP contribution is -2.48. The van der Waals surface area contributed by atoms with Crippen molar-refractivity contribution in [2.75, 3.05) is 57.5 Å². The smallest absolute Gasteiger partial charge is 0.410 e. The number of carbonyl (C=O) groups excluding carboxylic acids is 1. The minimum Gasteiger partial charge on any atom is -0.494 e. The van der Waals surface area contributed by atoms with Crippen LogP contribution in [0.1, 0.15) is 81.9 Å². The van der Waals surface area contributed by atoms with Gasteiger partial charge in [0.15, 0.2) is 0 Å². The number of nitrogens with zero attached hydrogens (tertiary/aromatic N) is 2. The number of amides is 1. The predicted octanol–water partition coefficient (Wildman–Crippen LogP) is 6.33. The van der Waals surface area contributed by atoms with Crippen LogP contribution in [0.5, 0.6) is 5.75 Å². The molecule has 5 rings (SSSR count). The number of fused-ring (bicyclic) bond motifs is 1. The summed E-state index contributed by atoms with van der Waals surface area (Å²) in [6, 6.07) is 15.0. The molecule has 0 spiro atoms. The highest BCUT2D eigenvalue weighted by molar-refractivity contribution is 5.68. The van der Waals surface area contributed by atoms with Crippen molar-refractivity contribution in [2.24, 2.45) is 5.92 Å². The van der Waals surface area contributed by atoms with E-state index in [0.29, 0.717) is 26.3 Å². The van der Waals surface area contributed by atoms with Crippen LogP contribution in [0.4, 0.5) is 10.5 Å². The number of aliphatic hydroxyl groups excluding tert-OH is 1. The number of piperidine rings is 1. The molecule has 1 N–H and O–H groups in total. The van der Waals surface area contributed by atoms with Gasteiger partial charge in [-0.15, -0.1) is 0 Å². The lowest BCUT2D eigenvalue weighted by atomic mass is 9.87.